The zero-order valence-electron chi connectivity index (χ0n) is 11.3. The number of halogens is 1. The molecule has 104 valence electrons. The molecule has 2 aliphatic rings. The molecule has 3 rings (SSSR count). The minimum absolute atomic E-state index is 0.206. The van der Waals surface area contributed by atoms with Crippen molar-refractivity contribution in [3.05, 3.63) is 28.2 Å². The Bertz CT molecular complexity index is 450. The van der Waals surface area contributed by atoms with Crippen LogP contribution in [0.4, 0.5) is 0 Å². The molecule has 2 nitrogen and oxygen atoms in total. The van der Waals surface area contributed by atoms with Crippen LogP contribution in [0.5, 0.6) is 5.75 Å². The zero-order valence-corrected chi connectivity index (χ0v) is 12.9. The Labute approximate surface area is 123 Å². The lowest BCUT2D eigenvalue weighted by Gasteiger charge is -2.30. The Morgan fingerprint density at radius 1 is 1.21 bits per heavy atom. The Hall–Kier alpha value is -0.540. The quantitative estimate of drug-likeness (QED) is 0.903. The molecular weight excluding hydrogens is 302 g/mol. The van der Waals surface area contributed by atoms with E-state index in [2.05, 4.69) is 34.1 Å². The lowest BCUT2D eigenvalue weighted by Crippen LogP contribution is -2.32. The van der Waals surface area contributed by atoms with E-state index in [1.807, 2.05) is 0 Å². The monoisotopic (exact) mass is 323 g/mol. The van der Waals surface area contributed by atoms with E-state index < -0.39 is 0 Å². The van der Waals surface area contributed by atoms with Gasteiger partial charge in [-0.15, -0.1) is 0 Å². The van der Waals surface area contributed by atoms with Gasteiger partial charge in [0.25, 0.3) is 0 Å². The third kappa shape index (κ3) is 2.55. The maximum atomic E-state index is 6.05. The number of ether oxygens (including phenoxy) is 1. The number of hydrogen-bond acceptors (Lipinski definition) is 2. The molecular formula is C16H22BrNO. The van der Waals surface area contributed by atoms with Crippen LogP contribution in [0.15, 0.2) is 22.7 Å². The van der Waals surface area contributed by atoms with E-state index in [9.17, 15) is 0 Å². The highest BCUT2D eigenvalue weighted by atomic mass is 79.9. The first kappa shape index (κ1) is 13.4. The van der Waals surface area contributed by atoms with Crippen molar-refractivity contribution in [2.45, 2.75) is 56.5 Å². The first-order valence-electron chi connectivity index (χ1n) is 7.40. The van der Waals surface area contributed by atoms with E-state index >= 15 is 0 Å². The van der Waals surface area contributed by atoms with E-state index in [1.165, 1.54) is 50.5 Å². The van der Waals surface area contributed by atoms with E-state index in [4.69, 9.17) is 10.5 Å². The average Bonchev–Trinajstić information content (AvgIpc) is 2.85. The smallest absolute Gasteiger partial charge is 0.133 e. The van der Waals surface area contributed by atoms with Gasteiger partial charge in [-0.05, 0) is 65.7 Å². The molecule has 0 aliphatic heterocycles. The SMILES string of the molecule is NCC1(c2ccc(OC3CCC3)c(Br)c2)CCCC1. The lowest BCUT2D eigenvalue weighted by molar-refractivity contribution is 0.119. The summed E-state index contributed by atoms with van der Waals surface area (Å²) in [5, 5.41) is 0. The van der Waals surface area contributed by atoms with Crippen molar-refractivity contribution in [3.63, 3.8) is 0 Å². The van der Waals surface area contributed by atoms with Crippen LogP contribution in [0.1, 0.15) is 50.5 Å². The maximum Gasteiger partial charge on any atom is 0.133 e. The molecule has 0 saturated heterocycles. The fourth-order valence-corrected chi connectivity index (χ4v) is 3.73. The van der Waals surface area contributed by atoms with Gasteiger partial charge < -0.3 is 10.5 Å². The minimum atomic E-state index is 0.206. The Morgan fingerprint density at radius 2 is 1.95 bits per heavy atom. The van der Waals surface area contributed by atoms with Crippen LogP contribution in [0, 0.1) is 0 Å². The first-order chi connectivity index (χ1) is 9.23. The molecule has 2 saturated carbocycles. The normalized spacial score (nSPS) is 22.2. The summed E-state index contributed by atoms with van der Waals surface area (Å²) in [4.78, 5) is 0. The predicted octanol–water partition coefficient (Wildman–Crippen LogP) is 4.15. The minimum Gasteiger partial charge on any atom is -0.489 e. The van der Waals surface area contributed by atoms with Gasteiger partial charge in [0.15, 0.2) is 0 Å². The van der Waals surface area contributed by atoms with Crippen LogP contribution in [-0.2, 0) is 5.41 Å². The summed E-state index contributed by atoms with van der Waals surface area (Å²) >= 11 is 3.66. The molecule has 0 radical (unpaired) electrons. The Morgan fingerprint density at radius 3 is 2.47 bits per heavy atom. The van der Waals surface area contributed by atoms with Crippen LogP contribution in [0.2, 0.25) is 0 Å². The van der Waals surface area contributed by atoms with Gasteiger partial charge in [0.05, 0.1) is 10.6 Å². The molecule has 2 N–H and O–H groups in total. The highest BCUT2D eigenvalue weighted by Gasteiger charge is 2.34. The molecule has 2 aliphatic carbocycles. The van der Waals surface area contributed by atoms with Crippen molar-refractivity contribution in [2.24, 2.45) is 5.73 Å². The fraction of sp³-hybridized carbons (Fsp3) is 0.625. The van der Waals surface area contributed by atoms with E-state index in [-0.39, 0.29) is 5.41 Å². The second-order valence-corrected chi connectivity index (χ2v) is 6.86. The van der Waals surface area contributed by atoms with E-state index in [0.29, 0.717) is 6.10 Å². The highest BCUT2D eigenvalue weighted by molar-refractivity contribution is 9.10. The van der Waals surface area contributed by atoms with Gasteiger partial charge in [-0.2, -0.15) is 0 Å². The van der Waals surface area contributed by atoms with Crippen LogP contribution in [-0.4, -0.2) is 12.6 Å². The summed E-state index contributed by atoms with van der Waals surface area (Å²) in [5.41, 5.74) is 7.63. The number of nitrogens with two attached hydrogens (primary N) is 1. The summed E-state index contributed by atoms with van der Waals surface area (Å²) in [7, 11) is 0. The number of rotatable bonds is 4. The van der Waals surface area contributed by atoms with Gasteiger partial charge in [-0.25, -0.2) is 0 Å². The second-order valence-electron chi connectivity index (χ2n) is 6.01. The molecule has 0 unspecified atom stereocenters. The molecule has 3 heteroatoms. The van der Waals surface area contributed by atoms with Gasteiger partial charge in [0, 0.05) is 12.0 Å². The third-order valence-electron chi connectivity index (χ3n) is 4.84. The largest absolute Gasteiger partial charge is 0.489 e. The Balaban J connectivity index is 1.81. The van der Waals surface area contributed by atoms with E-state index in [0.717, 1.165) is 16.8 Å². The lowest BCUT2D eigenvalue weighted by atomic mass is 9.79. The molecule has 0 spiro atoms. The topological polar surface area (TPSA) is 35.2 Å². The van der Waals surface area contributed by atoms with Crippen LogP contribution in [0.25, 0.3) is 0 Å². The fourth-order valence-electron chi connectivity index (χ4n) is 3.26. The van der Waals surface area contributed by atoms with Gasteiger partial charge in [-0.1, -0.05) is 18.9 Å². The summed E-state index contributed by atoms with van der Waals surface area (Å²) in [6, 6.07) is 6.57. The molecule has 2 fully saturated rings. The Kier molecular flexibility index (Phi) is 3.86. The molecule has 0 heterocycles. The second kappa shape index (κ2) is 5.45. The summed E-state index contributed by atoms with van der Waals surface area (Å²) in [6.45, 7) is 0.752. The molecule has 0 atom stereocenters. The molecule has 1 aromatic carbocycles. The summed E-state index contributed by atoms with van der Waals surface area (Å²) in [5.74, 6) is 0.985. The van der Waals surface area contributed by atoms with Crippen molar-refractivity contribution in [3.8, 4) is 5.75 Å². The number of benzene rings is 1. The van der Waals surface area contributed by atoms with Crippen molar-refractivity contribution >= 4 is 15.9 Å². The molecule has 0 aromatic heterocycles. The van der Waals surface area contributed by atoms with Crippen molar-refractivity contribution in [1.82, 2.24) is 0 Å². The number of hydrogen-bond donors (Lipinski definition) is 1. The molecule has 19 heavy (non-hydrogen) atoms. The van der Waals surface area contributed by atoms with Gasteiger partial charge >= 0.3 is 0 Å². The van der Waals surface area contributed by atoms with Crippen LogP contribution in [0.3, 0.4) is 0 Å². The van der Waals surface area contributed by atoms with Crippen molar-refractivity contribution < 1.29 is 4.74 Å². The maximum absolute atomic E-state index is 6.05. The molecule has 0 amide bonds. The third-order valence-corrected chi connectivity index (χ3v) is 5.46. The molecule has 0 bridgehead atoms. The summed E-state index contributed by atoms with van der Waals surface area (Å²) in [6.07, 6.45) is 9.16. The van der Waals surface area contributed by atoms with Gasteiger partial charge in [-0.3, -0.25) is 0 Å². The van der Waals surface area contributed by atoms with Crippen LogP contribution >= 0.6 is 15.9 Å². The zero-order chi connectivity index (χ0) is 13.3. The highest BCUT2D eigenvalue weighted by Crippen LogP contribution is 2.42. The summed E-state index contributed by atoms with van der Waals surface area (Å²) < 4.78 is 7.07. The van der Waals surface area contributed by atoms with E-state index in [1.54, 1.807) is 0 Å². The van der Waals surface area contributed by atoms with Crippen molar-refractivity contribution in [2.75, 3.05) is 6.54 Å². The van der Waals surface area contributed by atoms with Crippen molar-refractivity contribution in [1.29, 1.82) is 0 Å². The standard InChI is InChI=1S/C16H22BrNO/c17-14-10-12(16(11-18)8-1-2-9-16)6-7-15(14)19-13-4-3-5-13/h6-7,10,13H,1-5,8-9,11,18H2. The van der Waals surface area contributed by atoms with Crippen LogP contribution < -0.4 is 10.5 Å². The first-order valence-corrected chi connectivity index (χ1v) is 8.20. The predicted molar refractivity (Wildman–Crippen MR) is 81.6 cm³/mol. The average molecular weight is 324 g/mol. The van der Waals surface area contributed by atoms with Gasteiger partial charge in [0.2, 0.25) is 0 Å². The van der Waals surface area contributed by atoms with Gasteiger partial charge in [0.1, 0.15) is 5.75 Å². The molecule has 1 aromatic rings.